The number of rotatable bonds is 3. The lowest BCUT2D eigenvalue weighted by Crippen LogP contribution is -2.12. The van der Waals surface area contributed by atoms with Crippen LogP contribution < -0.4 is 10.5 Å². The molecule has 0 radical (unpaired) electrons. The standard InChI is InChI=1S/C13H14ClNOS/c1-8-6-17-7-10(8)13(15)9-3-4-12(16-2)11(14)5-9/h3-7,13H,15H2,1-2H3. The van der Waals surface area contributed by atoms with Gasteiger partial charge in [0.15, 0.2) is 0 Å². The van der Waals surface area contributed by atoms with Gasteiger partial charge < -0.3 is 10.5 Å². The number of ether oxygens (including phenoxy) is 1. The molecule has 0 spiro atoms. The van der Waals surface area contributed by atoms with Gasteiger partial charge in [-0.25, -0.2) is 0 Å². The molecule has 2 N–H and O–H groups in total. The van der Waals surface area contributed by atoms with E-state index >= 15 is 0 Å². The normalized spacial score (nSPS) is 12.5. The van der Waals surface area contributed by atoms with Crippen molar-refractivity contribution in [3.63, 3.8) is 0 Å². The van der Waals surface area contributed by atoms with Crippen molar-refractivity contribution in [3.8, 4) is 5.75 Å². The Balaban J connectivity index is 2.35. The van der Waals surface area contributed by atoms with Gasteiger partial charge in [-0.05, 0) is 46.5 Å². The van der Waals surface area contributed by atoms with E-state index < -0.39 is 0 Å². The zero-order chi connectivity index (χ0) is 12.4. The SMILES string of the molecule is COc1ccc(C(N)c2cscc2C)cc1Cl. The van der Waals surface area contributed by atoms with Crippen LogP contribution in [-0.4, -0.2) is 7.11 Å². The van der Waals surface area contributed by atoms with E-state index in [1.54, 1.807) is 18.4 Å². The summed E-state index contributed by atoms with van der Waals surface area (Å²) in [7, 11) is 1.60. The molecule has 0 aliphatic rings. The number of hydrogen-bond donors (Lipinski definition) is 1. The maximum atomic E-state index is 6.23. The van der Waals surface area contributed by atoms with Crippen LogP contribution in [0.3, 0.4) is 0 Å². The maximum absolute atomic E-state index is 6.23. The topological polar surface area (TPSA) is 35.2 Å². The number of hydrogen-bond acceptors (Lipinski definition) is 3. The second-order valence-electron chi connectivity index (χ2n) is 3.88. The highest BCUT2D eigenvalue weighted by Gasteiger charge is 2.13. The molecule has 1 atom stereocenters. The Morgan fingerprint density at radius 3 is 2.65 bits per heavy atom. The highest BCUT2D eigenvalue weighted by molar-refractivity contribution is 7.08. The molecule has 0 aliphatic carbocycles. The Kier molecular flexibility index (Phi) is 3.72. The van der Waals surface area contributed by atoms with Gasteiger partial charge in [-0.1, -0.05) is 17.7 Å². The molecule has 0 saturated carbocycles. The summed E-state index contributed by atoms with van der Waals surface area (Å²) in [6.45, 7) is 2.07. The average Bonchev–Trinajstić information content (AvgIpc) is 2.74. The Morgan fingerprint density at radius 2 is 2.12 bits per heavy atom. The van der Waals surface area contributed by atoms with Crippen LogP contribution in [0.5, 0.6) is 5.75 Å². The third-order valence-corrected chi connectivity index (χ3v) is 3.94. The smallest absolute Gasteiger partial charge is 0.137 e. The molecule has 0 aliphatic heterocycles. The number of benzene rings is 1. The molecule has 17 heavy (non-hydrogen) atoms. The van der Waals surface area contributed by atoms with Gasteiger partial charge in [0.25, 0.3) is 0 Å². The summed E-state index contributed by atoms with van der Waals surface area (Å²) in [6, 6.07) is 5.53. The minimum Gasteiger partial charge on any atom is -0.495 e. The first-order chi connectivity index (χ1) is 8.13. The highest BCUT2D eigenvalue weighted by Crippen LogP contribution is 2.31. The van der Waals surface area contributed by atoms with E-state index in [4.69, 9.17) is 22.1 Å². The molecule has 1 aromatic carbocycles. The largest absolute Gasteiger partial charge is 0.495 e. The summed E-state index contributed by atoms with van der Waals surface area (Å²) in [5.41, 5.74) is 9.59. The van der Waals surface area contributed by atoms with Gasteiger partial charge >= 0.3 is 0 Å². The fourth-order valence-electron chi connectivity index (χ4n) is 1.74. The van der Waals surface area contributed by atoms with Gasteiger partial charge in [-0.3, -0.25) is 0 Å². The van der Waals surface area contributed by atoms with E-state index in [-0.39, 0.29) is 6.04 Å². The van der Waals surface area contributed by atoms with Crippen LogP contribution in [0.1, 0.15) is 22.7 Å². The average molecular weight is 268 g/mol. The van der Waals surface area contributed by atoms with Crippen LogP contribution in [0.15, 0.2) is 29.0 Å². The first-order valence-corrected chi connectivity index (χ1v) is 6.57. The predicted molar refractivity (Wildman–Crippen MR) is 73.1 cm³/mol. The van der Waals surface area contributed by atoms with Crippen molar-refractivity contribution in [2.75, 3.05) is 7.11 Å². The second-order valence-corrected chi connectivity index (χ2v) is 5.03. The van der Waals surface area contributed by atoms with Gasteiger partial charge in [0.1, 0.15) is 5.75 Å². The van der Waals surface area contributed by atoms with Crippen LogP contribution in [0.25, 0.3) is 0 Å². The molecular weight excluding hydrogens is 254 g/mol. The Hall–Kier alpha value is -1.03. The van der Waals surface area contributed by atoms with Crippen molar-refractivity contribution in [2.45, 2.75) is 13.0 Å². The fraction of sp³-hybridized carbons (Fsp3) is 0.231. The number of thiophene rings is 1. The summed E-state index contributed by atoms with van der Waals surface area (Å²) in [6.07, 6.45) is 0. The van der Waals surface area contributed by atoms with E-state index in [1.807, 2.05) is 18.2 Å². The zero-order valence-corrected chi connectivity index (χ0v) is 11.3. The Morgan fingerprint density at radius 1 is 1.35 bits per heavy atom. The number of aryl methyl sites for hydroxylation is 1. The monoisotopic (exact) mass is 267 g/mol. The molecular formula is C13H14ClNOS. The van der Waals surface area contributed by atoms with Gasteiger partial charge in [0, 0.05) is 0 Å². The lowest BCUT2D eigenvalue weighted by Gasteiger charge is -2.13. The van der Waals surface area contributed by atoms with Crippen LogP contribution in [0.2, 0.25) is 5.02 Å². The molecule has 1 unspecified atom stereocenters. The van der Waals surface area contributed by atoms with E-state index in [9.17, 15) is 0 Å². The fourth-order valence-corrected chi connectivity index (χ4v) is 2.90. The Bertz CT molecular complexity index is 524. The molecule has 1 heterocycles. The van der Waals surface area contributed by atoms with Crippen molar-refractivity contribution < 1.29 is 4.74 Å². The molecule has 0 saturated heterocycles. The van der Waals surface area contributed by atoms with Crippen molar-refractivity contribution >= 4 is 22.9 Å². The molecule has 90 valence electrons. The molecule has 4 heteroatoms. The van der Waals surface area contributed by atoms with E-state index in [1.165, 1.54) is 5.56 Å². The van der Waals surface area contributed by atoms with Crippen LogP contribution in [0, 0.1) is 6.92 Å². The van der Waals surface area contributed by atoms with Crippen LogP contribution >= 0.6 is 22.9 Å². The molecule has 1 aromatic heterocycles. The highest BCUT2D eigenvalue weighted by atomic mass is 35.5. The number of methoxy groups -OCH3 is 1. The maximum Gasteiger partial charge on any atom is 0.137 e. The molecule has 2 aromatic rings. The van der Waals surface area contributed by atoms with E-state index in [0.717, 1.165) is 11.1 Å². The molecule has 0 bridgehead atoms. The van der Waals surface area contributed by atoms with Crippen molar-refractivity contribution in [1.82, 2.24) is 0 Å². The number of nitrogens with two attached hydrogens (primary N) is 1. The minimum atomic E-state index is -0.135. The van der Waals surface area contributed by atoms with Crippen LogP contribution in [0.4, 0.5) is 0 Å². The summed E-state index contributed by atoms with van der Waals surface area (Å²) < 4.78 is 5.12. The summed E-state index contributed by atoms with van der Waals surface area (Å²) in [5.74, 6) is 0.671. The van der Waals surface area contributed by atoms with Crippen molar-refractivity contribution in [3.05, 3.63) is 50.7 Å². The van der Waals surface area contributed by atoms with Crippen molar-refractivity contribution in [2.24, 2.45) is 5.73 Å². The van der Waals surface area contributed by atoms with E-state index in [2.05, 4.69) is 17.7 Å². The number of halogens is 1. The first-order valence-electron chi connectivity index (χ1n) is 5.25. The van der Waals surface area contributed by atoms with Gasteiger partial charge in [0.05, 0.1) is 18.2 Å². The summed E-state index contributed by atoms with van der Waals surface area (Å²) >= 11 is 7.76. The summed E-state index contributed by atoms with van der Waals surface area (Å²) in [4.78, 5) is 0. The predicted octanol–water partition coefficient (Wildman–Crippen LogP) is 3.77. The Labute approximate surface area is 110 Å². The minimum absolute atomic E-state index is 0.135. The van der Waals surface area contributed by atoms with Crippen molar-refractivity contribution in [1.29, 1.82) is 0 Å². The lowest BCUT2D eigenvalue weighted by molar-refractivity contribution is 0.415. The second kappa shape index (κ2) is 5.08. The zero-order valence-electron chi connectivity index (χ0n) is 9.74. The van der Waals surface area contributed by atoms with E-state index in [0.29, 0.717) is 10.8 Å². The van der Waals surface area contributed by atoms with Gasteiger partial charge in [-0.2, -0.15) is 11.3 Å². The molecule has 0 fully saturated rings. The third kappa shape index (κ3) is 2.46. The van der Waals surface area contributed by atoms with Gasteiger partial charge in [-0.15, -0.1) is 0 Å². The molecule has 0 amide bonds. The summed E-state index contributed by atoms with van der Waals surface area (Å²) in [5, 5.41) is 4.77. The molecule has 2 rings (SSSR count). The van der Waals surface area contributed by atoms with Crippen LogP contribution in [-0.2, 0) is 0 Å². The first kappa shape index (κ1) is 12.4. The third-order valence-electron chi connectivity index (χ3n) is 2.77. The van der Waals surface area contributed by atoms with Gasteiger partial charge in [0.2, 0.25) is 0 Å². The lowest BCUT2D eigenvalue weighted by atomic mass is 9.99. The molecule has 2 nitrogen and oxygen atoms in total. The quantitative estimate of drug-likeness (QED) is 0.919.